The van der Waals surface area contributed by atoms with E-state index in [-0.39, 0.29) is 17.9 Å². The maximum absolute atomic E-state index is 12.3. The second-order valence-electron chi connectivity index (χ2n) is 7.19. The smallest absolute Gasteiger partial charge is 0.306 e. The topological polar surface area (TPSA) is 110 Å². The quantitative estimate of drug-likeness (QED) is 0.732. The molecule has 2 aliphatic rings. The average Bonchev–Trinajstić information content (AvgIpc) is 2.97. The zero-order valence-corrected chi connectivity index (χ0v) is 16.1. The van der Waals surface area contributed by atoms with E-state index in [1.54, 1.807) is 6.07 Å². The minimum absolute atomic E-state index is 0.169. The summed E-state index contributed by atoms with van der Waals surface area (Å²) >= 11 is 0. The number of hydrogen-bond donors (Lipinski definition) is 0. The molecule has 1 fully saturated rings. The lowest BCUT2D eigenvalue weighted by atomic mass is 9.66. The molecule has 4 rings (SSSR count). The first-order valence-corrected chi connectivity index (χ1v) is 10.8. The highest BCUT2D eigenvalue weighted by atomic mass is 32.2. The molecule has 0 radical (unpaired) electrons. The van der Waals surface area contributed by atoms with Crippen LogP contribution in [0.15, 0.2) is 44.7 Å². The SMILES string of the molecule is CS(=O)(=O)Oc1c(CC23CCCCC2=Nc2ccc(C#N)cc23)occc1=O. The second-order valence-corrected chi connectivity index (χ2v) is 8.77. The third-order valence-electron chi connectivity index (χ3n) is 5.32. The van der Waals surface area contributed by atoms with Gasteiger partial charge in [-0.15, -0.1) is 0 Å². The summed E-state index contributed by atoms with van der Waals surface area (Å²) in [5.41, 5.74) is 2.13. The zero-order valence-electron chi connectivity index (χ0n) is 15.3. The second kappa shape index (κ2) is 6.60. The van der Waals surface area contributed by atoms with Gasteiger partial charge in [-0.1, -0.05) is 6.42 Å². The molecule has 1 atom stereocenters. The van der Waals surface area contributed by atoms with Crippen LogP contribution in [0, 0.1) is 11.3 Å². The molecule has 1 unspecified atom stereocenters. The molecule has 2 heterocycles. The Labute approximate surface area is 162 Å². The number of hydrogen-bond acceptors (Lipinski definition) is 7. The molecule has 0 saturated heterocycles. The van der Waals surface area contributed by atoms with Crippen LogP contribution in [-0.4, -0.2) is 20.4 Å². The number of rotatable bonds is 4. The highest BCUT2D eigenvalue weighted by Gasteiger charge is 2.46. The van der Waals surface area contributed by atoms with Crippen LogP contribution in [0.25, 0.3) is 0 Å². The third kappa shape index (κ3) is 3.12. The molecule has 2 aromatic rings. The van der Waals surface area contributed by atoms with Gasteiger partial charge in [0.1, 0.15) is 0 Å². The van der Waals surface area contributed by atoms with Gasteiger partial charge in [-0.3, -0.25) is 9.79 Å². The normalized spacial score (nSPS) is 20.6. The van der Waals surface area contributed by atoms with Gasteiger partial charge in [0.05, 0.1) is 29.8 Å². The van der Waals surface area contributed by atoms with Crippen LogP contribution in [0.1, 0.15) is 42.6 Å². The van der Waals surface area contributed by atoms with Crippen molar-refractivity contribution in [2.75, 3.05) is 6.26 Å². The molecule has 0 bridgehead atoms. The molecule has 28 heavy (non-hydrogen) atoms. The van der Waals surface area contributed by atoms with E-state index in [1.165, 1.54) is 6.26 Å². The van der Waals surface area contributed by atoms with Crippen molar-refractivity contribution in [3.05, 3.63) is 57.6 Å². The molecule has 144 valence electrons. The first-order chi connectivity index (χ1) is 13.3. The average molecular weight is 398 g/mol. The Morgan fingerprint density at radius 1 is 1.32 bits per heavy atom. The highest BCUT2D eigenvalue weighted by Crippen LogP contribution is 2.50. The van der Waals surface area contributed by atoms with Gasteiger partial charge in [0.15, 0.2) is 5.76 Å². The van der Waals surface area contributed by atoms with E-state index in [9.17, 15) is 18.5 Å². The lowest BCUT2D eigenvalue weighted by Gasteiger charge is -2.35. The van der Waals surface area contributed by atoms with E-state index in [0.29, 0.717) is 5.56 Å². The largest absolute Gasteiger partial charge is 0.465 e. The van der Waals surface area contributed by atoms with Crippen molar-refractivity contribution in [3.8, 4) is 11.8 Å². The van der Waals surface area contributed by atoms with Crippen LogP contribution in [0.4, 0.5) is 5.69 Å². The molecule has 1 aliphatic heterocycles. The summed E-state index contributed by atoms with van der Waals surface area (Å²) in [5.74, 6) is -0.142. The summed E-state index contributed by atoms with van der Waals surface area (Å²) in [5, 5.41) is 9.31. The fourth-order valence-corrected chi connectivity index (χ4v) is 4.63. The van der Waals surface area contributed by atoms with E-state index < -0.39 is 21.0 Å². The first kappa shape index (κ1) is 18.4. The van der Waals surface area contributed by atoms with Crippen molar-refractivity contribution >= 4 is 21.5 Å². The third-order valence-corrected chi connectivity index (χ3v) is 5.79. The maximum atomic E-state index is 12.3. The Morgan fingerprint density at radius 3 is 2.89 bits per heavy atom. The van der Waals surface area contributed by atoms with E-state index >= 15 is 0 Å². The lowest BCUT2D eigenvalue weighted by Crippen LogP contribution is -2.38. The van der Waals surface area contributed by atoms with Crippen molar-refractivity contribution in [2.45, 2.75) is 37.5 Å². The van der Waals surface area contributed by atoms with Crippen LogP contribution in [-0.2, 0) is 22.0 Å². The molecule has 0 amide bonds. The molecule has 1 aromatic heterocycles. The summed E-state index contributed by atoms with van der Waals surface area (Å²) in [4.78, 5) is 17.0. The van der Waals surface area contributed by atoms with Gasteiger partial charge in [-0.05, 0) is 43.0 Å². The predicted octanol–water partition coefficient (Wildman–Crippen LogP) is 2.99. The predicted molar refractivity (Wildman–Crippen MR) is 103 cm³/mol. The molecule has 0 N–H and O–H groups in total. The van der Waals surface area contributed by atoms with Crippen LogP contribution in [0.5, 0.6) is 5.75 Å². The Balaban J connectivity index is 1.86. The number of benzene rings is 1. The fraction of sp³-hybridized carbons (Fsp3) is 0.350. The Morgan fingerprint density at radius 2 is 2.14 bits per heavy atom. The van der Waals surface area contributed by atoms with Gasteiger partial charge >= 0.3 is 10.1 Å². The summed E-state index contributed by atoms with van der Waals surface area (Å²) in [6, 6.07) is 8.68. The number of nitrogens with zero attached hydrogens (tertiary/aromatic N) is 2. The van der Waals surface area contributed by atoms with Crippen LogP contribution in [0.3, 0.4) is 0 Å². The van der Waals surface area contributed by atoms with Crippen LogP contribution >= 0.6 is 0 Å². The minimum Gasteiger partial charge on any atom is -0.465 e. The van der Waals surface area contributed by atoms with E-state index in [0.717, 1.165) is 55.0 Å². The van der Waals surface area contributed by atoms with Gasteiger partial charge in [0.25, 0.3) is 0 Å². The first-order valence-electron chi connectivity index (χ1n) is 8.95. The van der Waals surface area contributed by atoms with Gasteiger partial charge in [0, 0.05) is 23.6 Å². The number of aliphatic imine (C=N–C) groups is 1. The monoisotopic (exact) mass is 398 g/mol. The highest BCUT2D eigenvalue weighted by molar-refractivity contribution is 7.86. The van der Waals surface area contributed by atoms with Crippen LogP contribution < -0.4 is 9.61 Å². The van der Waals surface area contributed by atoms with Gasteiger partial charge in [0.2, 0.25) is 11.2 Å². The number of nitriles is 1. The van der Waals surface area contributed by atoms with Gasteiger partial charge < -0.3 is 8.60 Å². The molecule has 8 heteroatoms. The van der Waals surface area contributed by atoms with Gasteiger partial charge in [-0.2, -0.15) is 13.7 Å². The molecular formula is C20H18N2O5S. The minimum atomic E-state index is -3.89. The van der Waals surface area contributed by atoms with Crippen molar-refractivity contribution in [3.63, 3.8) is 0 Å². The van der Waals surface area contributed by atoms with Crippen molar-refractivity contribution in [1.82, 2.24) is 0 Å². The van der Waals surface area contributed by atoms with Gasteiger partial charge in [-0.25, -0.2) is 0 Å². The summed E-state index contributed by atoms with van der Waals surface area (Å²) in [6.45, 7) is 0. The molecular weight excluding hydrogens is 380 g/mol. The van der Waals surface area contributed by atoms with Crippen LogP contribution in [0.2, 0.25) is 0 Å². The zero-order chi connectivity index (χ0) is 19.9. The number of fused-ring (bicyclic) bond motifs is 3. The van der Waals surface area contributed by atoms with Crippen molar-refractivity contribution in [2.24, 2.45) is 4.99 Å². The van der Waals surface area contributed by atoms with Crippen molar-refractivity contribution in [1.29, 1.82) is 5.26 Å². The van der Waals surface area contributed by atoms with E-state index in [1.807, 2.05) is 12.1 Å². The molecule has 1 aromatic carbocycles. The lowest BCUT2D eigenvalue weighted by molar-refractivity contribution is 0.380. The Hall–Kier alpha value is -2.92. The Bertz CT molecular complexity index is 1190. The summed E-state index contributed by atoms with van der Waals surface area (Å²) in [6.07, 6.45) is 5.90. The van der Waals surface area contributed by atoms with E-state index in [4.69, 9.17) is 13.6 Å². The molecule has 1 saturated carbocycles. The maximum Gasteiger partial charge on any atom is 0.306 e. The molecule has 0 spiro atoms. The van der Waals surface area contributed by atoms with E-state index in [2.05, 4.69) is 6.07 Å². The fourth-order valence-electron chi connectivity index (χ4n) is 4.15. The summed E-state index contributed by atoms with van der Waals surface area (Å²) < 4.78 is 33.8. The summed E-state index contributed by atoms with van der Waals surface area (Å²) in [7, 11) is -3.89. The van der Waals surface area contributed by atoms with Crippen molar-refractivity contribution < 1.29 is 17.0 Å². The standard InChI is InChI=1S/C20H18N2O5S/c1-28(24,25)27-19-16(23)7-9-26-17(19)11-20-8-3-2-4-18(20)22-15-6-5-13(12-21)10-14(15)20/h5-7,9-10H,2-4,8,11H2,1H3. The molecule has 7 nitrogen and oxygen atoms in total. The molecule has 1 aliphatic carbocycles. The Kier molecular flexibility index (Phi) is 4.35.